The zero-order chi connectivity index (χ0) is 8.84. The Hall–Kier alpha value is -1.58. The van der Waals surface area contributed by atoms with Gasteiger partial charge in [0.15, 0.2) is 0 Å². The van der Waals surface area contributed by atoms with Crippen LogP contribution in [0.3, 0.4) is 0 Å². The molecule has 1 N–H and O–H groups in total. The van der Waals surface area contributed by atoms with E-state index in [1.54, 1.807) is 10.6 Å². The molecule has 1 aliphatic rings. The normalized spacial score (nSPS) is 16.6. The average molecular weight is 175 g/mol. The Morgan fingerprint density at radius 2 is 2.23 bits per heavy atom. The summed E-state index contributed by atoms with van der Waals surface area (Å²) in [4.78, 5) is 8.00. The number of hydrogen-bond acceptors (Lipinski definition) is 3. The fourth-order valence-corrected chi connectivity index (χ4v) is 1.52. The maximum Gasteiger partial charge on any atom is 0.237 e. The van der Waals surface area contributed by atoms with Crippen LogP contribution in [0.25, 0.3) is 5.78 Å². The van der Waals surface area contributed by atoms with Gasteiger partial charge in [0.1, 0.15) is 0 Å². The molecule has 0 atom stereocenters. The van der Waals surface area contributed by atoms with Gasteiger partial charge in [-0.2, -0.15) is 4.98 Å². The van der Waals surface area contributed by atoms with E-state index in [2.05, 4.69) is 9.97 Å². The van der Waals surface area contributed by atoms with Crippen molar-refractivity contribution in [2.45, 2.75) is 18.8 Å². The quantitative estimate of drug-likeness (QED) is 0.711. The number of hydrogen-bond donors (Lipinski definition) is 1. The van der Waals surface area contributed by atoms with Crippen molar-refractivity contribution in [2.24, 2.45) is 0 Å². The molecule has 13 heavy (non-hydrogen) atoms. The third-order valence-corrected chi connectivity index (χ3v) is 2.37. The summed E-state index contributed by atoms with van der Waals surface area (Å²) in [5.41, 5.74) is 1.24. The topological polar surface area (TPSA) is 50.4 Å². The van der Waals surface area contributed by atoms with E-state index in [0.29, 0.717) is 11.7 Å². The minimum atomic E-state index is 0.0282. The lowest BCUT2D eigenvalue weighted by atomic mass is 10.2. The molecule has 2 heterocycles. The summed E-state index contributed by atoms with van der Waals surface area (Å²) in [7, 11) is 0. The van der Waals surface area contributed by atoms with Crippen molar-refractivity contribution in [2.75, 3.05) is 0 Å². The fraction of sp³-hybridized carbons (Fsp3) is 0.333. The van der Waals surface area contributed by atoms with Crippen LogP contribution in [0, 0.1) is 0 Å². The van der Waals surface area contributed by atoms with Gasteiger partial charge < -0.3 is 5.11 Å². The highest BCUT2D eigenvalue weighted by Gasteiger charge is 2.24. The first kappa shape index (κ1) is 6.88. The van der Waals surface area contributed by atoms with Gasteiger partial charge in [-0.25, -0.2) is 4.98 Å². The molecule has 0 spiro atoms. The van der Waals surface area contributed by atoms with Gasteiger partial charge in [0.25, 0.3) is 0 Å². The summed E-state index contributed by atoms with van der Waals surface area (Å²) >= 11 is 0. The number of rotatable bonds is 1. The lowest BCUT2D eigenvalue weighted by Gasteiger charge is -1.96. The van der Waals surface area contributed by atoms with Gasteiger partial charge in [-0.3, -0.25) is 4.40 Å². The van der Waals surface area contributed by atoms with Crippen molar-refractivity contribution < 1.29 is 5.11 Å². The van der Waals surface area contributed by atoms with E-state index >= 15 is 0 Å². The second-order valence-electron chi connectivity index (χ2n) is 3.47. The maximum absolute atomic E-state index is 9.13. The molecule has 1 aliphatic carbocycles. The summed E-state index contributed by atoms with van der Waals surface area (Å²) in [6.45, 7) is 0. The molecule has 1 fully saturated rings. The summed E-state index contributed by atoms with van der Waals surface area (Å²) in [5, 5.41) is 9.13. The minimum absolute atomic E-state index is 0.0282. The highest BCUT2D eigenvalue weighted by molar-refractivity contribution is 5.34. The molecule has 0 aromatic carbocycles. The van der Waals surface area contributed by atoms with Crippen LogP contribution in [0.5, 0.6) is 5.88 Å². The van der Waals surface area contributed by atoms with Crippen molar-refractivity contribution in [3.8, 4) is 5.88 Å². The minimum Gasteiger partial charge on any atom is -0.492 e. The van der Waals surface area contributed by atoms with Gasteiger partial charge in [-0.15, -0.1) is 0 Å². The van der Waals surface area contributed by atoms with Crippen LogP contribution in [-0.4, -0.2) is 19.5 Å². The molecule has 0 unspecified atom stereocenters. The van der Waals surface area contributed by atoms with Gasteiger partial charge in [0.2, 0.25) is 11.7 Å². The third-order valence-electron chi connectivity index (χ3n) is 2.37. The van der Waals surface area contributed by atoms with Crippen molar-refractivity contribution in [1.29, 1.82) is 0 Å². The SMILES string of the molecule is Oc1cn2cc(C3CC3)cnc2n1. The fourth-order valence-electron chi connectivity index (χ4n) is 1.52. The monoisotopic (exact) mass is 175 g/mol. The predicted molar refractivity (Wildman–Crippen MR) is 46.6 cm³/mol. The molecule has 2 aromatic rings. The van der Waals surface area contributed by atoms with E-state index in [9.17, 15) is 0 Å². The van der Waals surface area contributed by atoms with Gasteiger partial charge >= 0.3 is 0 Å². The van der Waals surface area contributed by atoms with Crippen LogP contribution in [-0.2, 0) is 0 Å². The highest BCUT2D eigenvalue weighted by atomic mass is 16.3. The molecule has 0 radical (unpaired) electrons. The van der Waals surface area contributed by atoms with Gasteiger partial charge in [-0.1, -0.05) is 0 Å². The zero-order valence-corrected chi connectivity index (χ0v) is 7.01. The molecule has 4 nitrogen and oxygen atoms in total. The first-order valence-corrected chi connectivity index (χ1v) is 4.36. The van der Waals surface area contributed by atoms with E-state index in [4.69, 9.17) is 5.11 Å². The Bertz CT molecular complexity index is 459. The Labute approximate surface area is 74.9 Å². The van der Waals surface area contributed by atoms with Crippen molar-refractivity contribution in [3.63, 3.8) is 0 Å². The Balaban J connectivity index is 2.20. The molecule has 4 heteroatoms. The van der Waals surface area contributed by atoms with E-state index in [1.807, 2.05) is 12.4 Å². The van der Waals surface area contributed by atoms with E-state index in [-0.39, 0.29) is 5.88 Å². The summed E-state index contributed by atoms with van der Waals surface area (Å²) in [5.74, 6) is 1.27. The smallest absolute Gasteiger partial charge is 0.237 e. The number of fused-ring (bicyclic) bond motifs is 1. The molecule has 0 aliphatic heterocycles. The van der Waals surface area contributed by atoms with E-state index in [1.165, 1.54) is 18.4 Å². The number of nitrogens with zero attached hydrogens (tertiary/aromatic N) is 3. The first-order valence-electron chi connectivity index (χ1n) is 4.36. The first-order chi connectivity index (χ1) is 6.33. The predicted octanol–water partition coefficient (Wildman–Crippen LogP) is 1.31. The van der Waals surface area contributed by atoms with Crippen LogP contribution in [0.1, 0.15) is 24.3 Å². The number of aromatic hydroxyl groups is 1. The largest absolute Gasteiger partial charge is 0.492 e. The lowest BCUT2D eigenvalue weighted by Crippen LogP contribution is -1.90. The molecular weight excluding hydrogens is 166 g/mol. The lowest BCUT2D eigenvalue weighted by molar-refractivity contribution is 0.457. The summed E-state index contributed by atoms with van der Waals surface area (Å²) < 4.78 is 1.77. The second-order valence-corrected chi connectivity index (χ2v) is 3.47. The summed E-state index contributed by atoms with van der Waals surface area (Å²) in [6.07, 6.45) is 7.93. The van der Waals surface area contributed by atoms with Gasteiger partial charge in [-0.05, 0) is 24.3 Å². The van der Waals surface area contributed by atoms with Crippen LogP contribution in [0.2, 0.25) is 0 Å². The summed E-state index contributed by atoms with van der Waals surface area (Å²) in [6, 6.07) is 0. The van der Waals surface area contributed by atoms with Crippen LogP contribution in [0.15, 0.2) is 18.6 Å². The maximum atomic E-state index is 9.13. The molecule has 0 amide bonds. The molecule has 0 saturated heterocycles. The molecule has 1 saturated carbocycles. The molecule has 2 aromatic heterocycles. The Morgan fingerprint density at radius 3 is 3.00 bits per heavy atom. The molecule has 3 rings (SSSR count). The Kier molecular flexibility index (Phi) is 1.17. The highest BCUT2D eigenvalue weighted by Crippen LogP contribution is 2.39. The van der Waals surface area contributed by atoms with Crippen LogP contribution in [0.4, 0.5) is 0 Å². The third kappa shape index (κ3) is 1.06. The van der Waals surface area contributed by atoms with Crippen molar-refractivity contribution in [3.05, 3.63) is 24.2 Å². The van der Waals surface area contributed by atoms with Crippen molar-refractivity contribution >= 4 is 5.78 Å². The van der Waals surface area contributed by atoms with Crippen molar-refractivity contribution in [1.82, 2.24) is 14.4 Å². The molecular formula is C9H9N3O. The standard InChI is InChI=1S/C9H9N3O/c13-8-5-12-4-7(6-1-2-6)3-10-9(12)11-8/h3-6,13H,1-2H2. The Morgan fingerprint density at radius 1 is 1.38 bits per heavy atom. The second kappa shape index (κ2) is 2.22. The van der Waals surface area contributed by atoms with Crippen LogP contribution < -0.4 is 0 Å². The zero-order valence-electron chi connectivity index (χ0n) is 7.01. The van der Waals surface area contributed by atoms with Gasteiger partial charge in [0.05, 0.1) is 6.20 Å². The number of imidazole rings is 1. The molecule has 66 valence electrons. The van der Waals surface area contributed by atoms with E-state index in [0.717, 1.165) is 0 Å². The van der Waals surface area contributed by atoms with E-state index < -0.39 is 0 Å². The average Bonchev–Trinajstić information content (AvgIpc) is 2.87. The number of aromatic nitrogens is 3. The van der Waals surface area contributed by atoms with Gasteiger partial charge in [0, 0.05) is 12.4 Å². The molecule has 0 bridgehead atoms. The van der Waals surface area contributed by atoms with Crippen LogP contribution >= 0.6 is 0 Å².